The Balaban J connectivity index is 3.58. The van der Waals surface area contributed by atoms with Gasteiger partial charge in [-0.1, -0.05) is 49.4 Å². The third-order valence-corrected chi connectivity index (χ3v) is 3.52. The molecule has 20 heavy (non-hydrogen) atoms. The standard InChI is InChI=1S/C17H25BrO2/c1-8-9-20-15-13(16(2,3)4)10-12(19-7)11-14(15)17(5,6)18/h8,10-11H,1,9H2,2-7H3. The van der Waals surface area contributed by atoms with Gasteiger partial charge in [0.2, 0.25) is 0 Å². The zero-order valence-corrected chi connectivity index (χ0v) is 14.9. The normalized spacial score (nSPS) is 12.2. The number of hydrogen-bond acceptors (Lipinski definition) is 2. The Labute approximate surface area is 131 Å². The zero-order valence-electron chi connectivity index (χ0n) is 13.3. The predicted molar refractivity (Wildman–Crippen MR) is 89.3 cm³/mol. The second kappa shape index (κ2) is 6.21. The van der Waals surface area contributed by atoms with E-state index in [1.54, 1.807) is 13.2 Å². The summed E-state index contributed by atoms with van der Waals surface area (Å²) < 4.78 is 11.2. The third kappa shape index (κ3) is 4.02. The Kier molecular flexibility index (Phi) is 5.31. The highest BCUT2D eigenvalue weighted by molar-refractivity contribution is 9.09. The summed E-state index contributed by atoms with van der Waals surface area (Å²) >= 11 is 3.73. The Hall–Kier alpha value is -0.960. The molecule has 0 fully saturated rings. The zero-order chi connectivity index (χ0) is 15.6. The van der Waals surface area contributed by atoms with Crippen LogP contribution in [0.2, 0.25) is 0 Å². The molecular formula is C17H25BrO2. The Morgan fingerprint density at radius 2 is 1.70 bits per heavy atom. The molecule has 0 unspecified atom stereocenters. The van der Waals surface area contributed by atoms with Gasteiger partial charge in [0.05, 0.1) is 7.11 Å². The molecule has 0 aliphatic rings. The fraction of sp³-hybridized carbons (Fsp3) is 0.529. The number of hydrogen-bond donors (Lipinski definition) is 0. The number of ether oxygens (including phenoxy) is 2. The van der Waals surface area contributed by atoms with Gasteiger partial charge in [-0.25, -0.2) is 0 Å². The first-order chi connectivity index (χ1) is 9.11. The smallest absolute Gasteiger partial charge is 0.128 e. The van der Waals surface area contributed by atoms with Crippen molar-refractivity contribution in [3.05, 3.63) is 35.9 Å². The van der Waals surface area contributed by atoms with Crippen LogP contribution in [0.25, 0.3) is 0 Å². The van der Waals surface area contributed by atoms with Gasteiger partial charge in [0.25, 0.3) is 0 Å². The number of methoxy groups -OCH3 is 1. The minimum absolute atomic E-state index is 0.0297. The SMILES string of the molecule is C=CCOc1c(C(C)(C)C)cc(OC)cc1C(C)(C)Br. The number of benzene rings is 1. The number of alkyl halides is 1. The molecule has 0 saturated heterocycles. The van der Waals surface area contributed by atoms with Crippen LogP contribution >= 0.6 is 15.9 Å². The number of rotatable bonds is 5. The van der Waals surface area contributed by atoms with Crippen LogP contribution in [0.15, 0.2) is 24.8 Å². The summed E-state index contributed by atoms with van der Waals surface area (Å²) in [6.45, 7) is 15.0. The molecule has 2 nitrogen and oxygen atoms in total. The van der Waals surface area contributed by atoms with Crippen LogP contribution in [-0.2, 0) is 9.74 Å². The van der Waals surface area contributed by atoms with Crippen molar-refractivity contribution in [2.24, 2.45) is 0 Å². The average molecular weight is 341 g/mol. The lowest BCUT2D eigenvalue weighted by Gasteiger charge is -2.29. The highest BCUT2D eigenvalue weighted by Crippen LogP contribution is 2.44. The first-order valence-corrected chi connectivity index (χ1v) is 7.56. The molecule has 0 bridgehead atoms. The van der Waals surface area contributed by atoms with Crippen molar-refractivity contribution in [3.63, 3.8) is 0 Å². The molecule has 0 heterocycles. The Morgan fingerprint density at radius 3 is 2.10 bits per heavy atom. The van der Waals surface area contributed by atoms with E-state index in [1.165, 1.54) is 0 Å². The second-order valence-corrected chi connectivity index (χ2v) is 8.36. The van der Waals surface area contributed by atoms with Crippen LogP contribution in [-0.4, -0.2) is 13.7 Å². The average Bonchev–Trinajstić information content (AvgIpc) is 2.33. The summed E-state index contributed by atoms with van der Waals surface area (Å²) in [7, 11) is 1.69. The minimum atomic E-state index is -0.196. The maximum absolute atomic E-state index is 5.97. The Morgan fingerprint density at radius 1 is 1.15 bits per heavy atom. The monoisotopic (exact) mass is 340 g/mol. The maximum atomic E-state index is 5.97. The van der Waals surface area contributed by atoms with E-state index in [1.807, 2.05) is 6.07 Å². The van der Waals surface area contributed by atoms with Crippen molar-refractivity contribution in [2.75, 3.05) is 13.7 Å². The fourth-order valence-corrected chi connectivity index (χ4v) is 2.31. The van der Waals surface area contributed by atoms with Crippen LogP contribution in [0, 0.1) is 0 Å². The molecular weight excluding hydrogens is 316 g/mol. The van der Waals surface area contributed by atoms with E-state index in [0.29, 0.717) is 6.61 Å². The molecule has 0 aliphatic carbocycles. The van der Waals surface area contributed by atoms with Gasteiger partial charge in [-0.05, 0) is 31.4 Å². The molecule has 0 aliphatic heterocycles. The van der Waals surface area contributed by atoms with Gasteiger partial charge in [0.1, 0.15) is 18.1 Å². The van der Waals surface area contributed by atoms with Gasteiger partial charge < -0.3 is 9.47 Å². The highest BCUT2D eigenvalue weighted by Gasteiger charge is 2.29. The molecule has 0 aromatic heterocycles. The second-order valence-electron chi connectivity index (χ2n) is 6.37. The maximum Gasteiger partial charge on any atom is 0.128 e. The van der Waals surface area contributed by atoms with Crippen LogP contribution in [0.4, 0.5) is 0 Å². The third-order valence-electron chi connectivity index (χ3n) is 3.09. The summed E-state index contributed by atoms with van der Waals surface area (Å²) in [6, 6.07) is 4.09. The van der Waals surface area contributed by atoms with E-state index in [0.717, 1.165) is 22.6 Å². The summed E-state index contributed by atoms with van der Waals surface area (Å²) in [5.41, 5.74) is 2.20. The summed E-state index contributed by atoms with van der Waals surface area (Å²) in [5.74, 6) is 1.77. The van der Waals surface area contributed by atoms with E-state index in [9.17, 15) is 0 Å². The predicted octanol–water partition coefficient (Wildman–Crippen LogP) is 5.19. The minimum Gasteiger partial charge on any atom is -0.497 e. The van der Waals surface area contributed by atoms with Crippen molar-refractivity contribution < 1.29 is 9.47 Å². The van der Waals surface area contributed by atoms with E-state index >= 15 is 0 Å². The molecule has 0 N–H and O–H groups in total. The lowest BCUT2D eigenvalue weighted by molar-refractivity contribution is 0.341. The molecule has 112 valence electrons. The molecule has 0 atom stereocenters. The van der Waals surface area contributed by atoms with Gasteiger partial charge in [-0.15, -0.1) is 0 Å². The summed E-state index contributed by atoms with van der Waals surface area (Å²) in [6.07, 6.45) is 1.77. The molecule has 0 spiro atoms. The Bertz CT molecular complexity index is 444. The van der Waals surface area contributed by atoms with Gasteiger partial charge in [0.15, 0.2) is 0 Å². The van der Waals surface area contributed by atoms with E-state index in [4.69, 9.17) is 9.47 Å². The molecule has 3 heteroatoms. The molecule has 1 aromatic rings. The topological polar surface area (TPSA) is 18.5 Å². The van der Waals surface area contributed by atoms with Crippen molar-refractivity contribution in [2.45, 2.75) is 44.4 Å². The van der Waals surface area contributed by atoms with Gasteiger partial charge in [-0.2, -0.15) is 0 Å². The molecule has 0 amide bonds. The van der Waals surface area contributed by atoms with Crippen molar-refractivity contribution in [1.29, 1.82) is 0 Å². The van der Waals surface area contributed by atoms with Crippen molar-refractivity contribution >= 4 is 15.9 Å². The van der Waals surface area contributed by atoms with Crippen LogP contribution in [0.3, 0.4) is 0 Å². The van der Waals surface area contributed by atoms with Crippen molar-refractivity contribution in [3.8, 4) is 11.5 Å². The molecule has 0 radical (unpaired) electrons. The van der Waals surface area contributed by atoms with Crippen LogP contribution < -0.4 is 9.47 Å². The first-order valence-electron chi connectivity index (χ1n) is 6.77. The summed E-state index contributed by atoms with van der Waals surface area (Å²) in [4.78, 5) is 0. The number of halogens is 1. The molecule has 0 saturated carbocycles. The van der Waals surface area contributed by atoms with Crippen LogP contribution in [0.1, 0.15) is 45.7 Å². The molecule has 1 aromatic carbocycles. The first kappa shape index (κ1) is 17.1. The lowest BCUT2D eigenvalue weighted by Crippen LogP contribution is -2.18. The summed E-state index contributed by atoms with van der Waals surface area (Å²) in [5, 5.41) is 0. The van der Waals surface area contributed by atoms with Gasteiger partial charge in [-0.3, -0.25) is 0 Å². The van der Waals surface area contributed by atoms with Crippen molar-refractivity contribution in [1.82, 2.24) is 0 Å². The fourth-order valence-electron chi connectivity index (χ4n) is 2.02. The van der Waals surface area contributed by atoms with Gasteiger partial charge >= 0.3 is 0 Å². The van der Waals surface area contributed by atoms with E-state index < -0.39 is 0 Å². The molecule has 1 rings (SSSR count). The van der Waals surface area contributed by atoms with Gasteiger partial charge in [0, 0.05) is 15.5 Å². The quantitative estimate of drug-likeness (QED) is 0.542. The highest BCUT2D eigenvalue weighted by atomic mass is 79.9. The largest absolute Gasteiger partial charge is 0.497 e. The lowest BCUT2D eigenvalue weighted by atomic mass is 9.83. The van der Waals surface area contributed by atoms with E-state index in [2.05, 4.69) is 63.2 Å². The van der Waals surface area contributed by atoms with E-state index in [-0.39, 0.29) is 9.74 Å². The van der Waals surface area contributed by atoms with Crippen LogP contribution in [0.5, 0.6) is 11.5 Å².